The second-order valence-corrected chi connectivity index (χ2v) is 7.54. The van der Waals surface area contributed by atoms with Crippen molar-refractivity contribution in [2.24, 2.45) is 0 Å². The Morgan fingerprint density at radius 2 is 1.80 bits per heavy atom. The summed E-state index contributed by atoms with van der Waals surface area (Å²) in [5.41, 5.74) is 2.15. The van der Waals surface area contributed by atoms with Crippen molar-refractivity contribution in [2.75, 3.05) is 37.6 Å². The van der Waals surface area contributed by atoms with Crippen LogP contribution in [0.15, 0.2) is 30.6 Å². The molecule has 1 aromatic carbocycles. The predicted octanol–water partition coefficient (Wildman–Crippen LogP) is 3.95. The lowest BCUT2D eigenvalue weighted by molar-refractivity contribution is 0.271. The first kappa shape index (κ1) is 16.4. The molecular weight excluding hydrogens is 335 g/mol. The molecule has 1 aliphatic rings. The van der Waals surface area contributed by atoms with Crippen molar-refractivity contribution in [1.82, 2.24) is 14.9 Å². The van der Waals surface area contributed by atoms with Crippen molar-refractivity contribution >= 4 is 27.4 Å². The highest BCUT2D eigenvalue weighted by atomic mass is 32.1. The first-order valence-electron chi connectivity index (χ1n) is 8.64. The summed E-state index contributed by atoms with van der Waals surface area (Å²) in [6.45, 7) is 9.44. The van der Waals surface area contributed by atoms with Crippen LogP contribution in [0, 0.1) is 12.7 Å². The molecule has 0 aliphatic carbocycles. The van der Waals surface area contributed by atoms with Crippen molar-refractivity contribution < 1.29 is 4.39 Å². The van der Waals surface area contributed by atoms with Gasteiger partial charge < -0.3 is 9.80 Å². The second kappa shape index (κ2) is 6.69. The molecule has 0 atom stereocenters. The van der Waals surface area contributed by atoms with E-state index in [1.54, 1.807) is 17.7 Å². The molecule has 0 radical (unpaired) electrons. The minimum Gasteiger partial charge on any atom is -0.353 e. The highest BCUT2D eigenvalue weighted by Crippen LogP contribution is 2.41. The molecule has 25 heavy (non-hydrogen) atoms. The largest absolute Gasteiger partial charge is 0.353 e. The summed E-state index contributed by atoms with van der Waals surface area (Å²) < 4.78 is 13.3. The van der Waals surface area contributed by atoms with Gasteiger partial charge in [-0.2, -0.15) is 0 Å². The maximum absolute atomic E-state index is 13.3. The van der Waals surface area contributed by atoms with Crippen LogP contribution in [0.3, 0.4) is 0 Å². The van der Waals surface area contributed by atoms with Gasteiger partial charge in [0.25, 0.3) is 0 Å². The van der Waals surface area contributed by atoms with Gasteiger partial charge in [-0.1, -0.05) is 19.1 Å². The summed E-state index contributed by atoms with van der Waals surface area (Å²) in [4.78, 5) is 16.1. The van der Waals surface area contributed by atoms with E-state index in [1.807, 2.05) is 12.1 Å². The fraction of sp³-hybridized carbons (Fsp3) is 0.368. The van der Waals surface area contributed by atoms with E-state index in [0.717, 1.165) is 59.9 Å². The molecule has 2 aromatic heterocycles. The molecule has 3 aromatic rings. The number of piperazine rings is 1. The number of fused-ring (bicyclic) bond motifs is 1. The van der Waals surface area contributed by atoms with Gasteiger partial charge in [0.05, 0.1) is 5.39 Å². The number of rotatable bonds is 3. The quantitative estimate of drug-likeness (QED) is 0.711. The fourth-order valence-corrected chi connectivity index (χ4v) is 4.52. The number of halogens is 1. The van der Waals surface area contributed by atoms with Gasteiger partial charge in [0, 0.05) is 36.6 Å². The topological polar surface area (TPSA) is 32.3 Å². The maximum Gasteiger partial charge on any atom is 0.141 e. The number of aryl methyl sites for hydroxylation is 1. The molecule has 130 valence electrons. The predicted molar refractivity (Wildman–Crippen MR) is 102 cm³/mol. The van der Waals surface area contributed by atoms with Crippen molar-refractivity contribution in [2.45, 2.75) is 13.8 Å². The molecule has 0 amide bonds. The zero-order valence-electron chi connectivity index (χ0n) is 14.5. The van der Waals surface area contributed by atoms with Crippen LogP contribution in [-0.4, -0.2) is 47.6 Å². The monoisotopic (exact) mass is 356 g/mol. The Kier molecular flexibility index (Phi) is 4.39. The lowest BCUT2D eigenvalue weighted by Crippen LogP contribution is -2.46. The van der Waals surface area contributed by atoms with Crippen LogP contribution in [0.5, 0.6) is 0 Å². The van der Waals surface area contributed by atoms with E-state index in [2.05, 4.69) is 33.6 Å². The van der Waals surface area contributed by atoms with Gasteiger partial charge in [-0.3, -0.25) is 0 Å². The standard InChI is InChI=1S/C19H21FN4S/c1-3-23-8-10-24(11-9-23)18-17-16(14-4-6-15(20)7-5-14)13(2)25-19(17)22-12-21-18/h4-7,12H,3,8-11H2,1-2H3. The number of anilines is 1. The Labute approximate surface area is 150 Å². The van der Waals surface area contributed by atoms with Gasteiger partial charge >= 0.3 is 0 Å². The SMILES string of the molecule is CCN1CCN(c2ncnc3sc(C)c(-c4ccc(F)cc4)c23)CC1. The van der Waals surface area contributed by atoms with Crippen molar-refractivity contribution in [1.29, 1.82) is 0 Å². The highest BCUT2D eigenvalue weighted by molar-refractivity contribution is 7.19. The number of likely N-dealkylation sites (N-methyl/N-ethyl adjacent to an activating group) is 1. The molecule has 6 heteroatoms. The Balaban J connectivity index is 1.82. The number of benzene rings is 1. The van der Waals surface area contributed by atoms with Crippen LogP contribution in [0.4, 0.5) is 10.2 Å². The average molecular weight is 356 g/mol. The Hall–Kier alpha value is -2.05. The normalized spacial score (nSPS) is 15.9. The molecule has 1 saturated heterocycles. The number of hydrogen-bond acceptors (Lipinski definition) is 5. The van der Waals surface area contributed by atoms with E-state index in [-0.39, 0.29) is 5.82 Å². The second-order valence-electron chi connectivity index (χ2n) is 6.34. The molecule has 0 N–H and O–H groups in total. The molecule has 0 saturated carbocycles. The van der Waals surface area contributed by atoms with Crippen LogP contribution in [0.2, 0.25) is 0 Å². The summed E-state index contributed by atoms with van der Waals surface area (Å²) in [6, 6.07) is 6.72. The molecule has 3 heterocycles. The van der Waals surface area contributed by atoms with Gasteiger partial charge in [0.2, 0.25) is 0 Å². The Morgan fingerprint density at radius 3 is 2.48 bits per heavy atom. The van der Waals surface area contributed by atoms with Gasteiger partial charge in [0.15, 0.2) is 0 Å². The van der Waals surface area contributed by atoms with Crippen LogP contribution >= 0.6 is 11.3 Å². The van der Waals surface area contributed by atoms with Crippen LogP contribution < -0.4 is 4.90 Å². The summed E-state index contributed by atoms with van der Waals surface area (Å²) in [6.07, 6.45) is 1.66. The first-order chi connectivity index (χ1) is 12.2. The zero-order chi connectivity index (χ0) is 17.4. The summed E-state index contributed by atoms with van der Waals surface area (Å²) >= 11 is 1.68. The molecule has 0 spiro atoms. The summed E-state index contributed by atoms with van der Waals surface area (Å²) in [7, 11) is 0. The minimum absolute atomic E-state index is 0.215. The Bertz CT molecular complexity index is 882. The number of thiophene rings is 1. The van der Waals surface area contributed by atoms with Gasteiger partial charge in [-0.05, 0) is 31.2 Å². The number of nitrogens with zero attached hydrogens (tertiary/aromatic N) is 4. The lowest BCUT2D eigenvalue weighted by Gasteiger charge is -2.35. The first-order valence-corrected chi connectivity index (χ1v) is 9.46. The van der Waals surface area contributed by atoms with E-state index >= 15 is 0 Å². The molecule has 4 rings (SSSR count). The molecule has 1 fully saturated rings. The van der Waals surface area contributed by atoms with Gasteiger partial charge in [-0.15, -0.1) is 11.3 Å². The zero-order valence-corrected chi connectivity index (χ0v) is 15.3. The minimum atomic E-state index is -0.215. The fourth-order valence-electron chi connectivity index (χ4n) is 3.51. The Morgan fingerprint density at radius 1 is 1.08 bits per heavy atom. The van der Waals surface area contributed by atoms with Crippen LogP contribution in [0.1, 0.15) is 11.8 Å². The van der Waals surface area contributed by atoms with E-state index < -0.39 is 0 Å². The smallest absolute Gasteiger partial charge is 0.141 e. The average Bonchev–Trinajstić information content (AvgIpc) is 2.98. The van der Waals surface area contributed by atoms with E-state index in [9.17, 15) is 4.39 Å². The highest BCUT2D eigenvalue weighted by Gasteiger charge is 2.23. The lowest BCUT2D eigenvalue weighted by atomic mass is 10.0. The van der Waals surface area contributed by atoms with Gasteiger partial charge in [-0.25, -0.2) is 14.4 Å². The van der Waals surface area contributed by atoms with E-state index in [4.69, 9.17) is 0 Å². The number of hydrogen-bond donors (Lipinski definition) is 0. The van der Waals surface area contributed by atoms with E-state index in [1.165, 1.54) is 17.0 Å². The summed E-state index contributed by atoms with van der Waals surface area (Å²) in [5.74, 6) is 0.789. The molecular formula is C19H21FN4S. The summed E-state index contributed by atoms with van der Waals surface area (Å²) in [5, 5.41) is 1.10. The van der Waals surface area contributed by atoms with Crippen LogP contribution in [-0.2, 0) is 0 Å². The molecule has 0 unspecified atom stereocenters. The third-order valence-electron chi connectivity index (χ3n) is 4.90. The van der Waals surface area contributed by atoms with Crippen molar-refractivity contribution in [3.05, 3.63) is 41.3 Å². The third-order valence-corrected chi connectivity index (χ3v) is 5.91. The van der Waals surface area contributed by atoms with Crippen molar-refractivity contribution in [3.8, 4) is 11.1 Å². The van der Waals surface area contributed by atoms with Crippen molar-refractivity contribution in [3.63, 3.8) is 0 Å². The number of aromatic nitrogens is 2. The maximum atomic E-state index is 13.3. The van der Waals surface area contributed by atoms with Crippen LogP contribution in [0.25, 0.3) is 21.3 Å². The molecule has 0 bridgehead atoms. The third kappa shape index (κ3) is 3.00. The van der Waals surface area contributed by atoms with Gasteiger partial charge in [0.1, 0.15) is 22.8 Å². The van der Waals surface area contributed by atoms with E-state index in [0.29, 0.717) is 0 Å². The molecule has 4 nitrogen and oxygen atoms in total. The molecule has 1 aliphatic heterocycles.